The van der Waals surface area contributed by atoms with Crippen molar-refractivity contribution in [1.82, 2.24) is 14.8 Å². The molecule has 0 radical (unpaired) electrons. The lowest BCUT2D eigenvalue weighted by atomic mass is 9.78. The fraction of sp³-hybridized carbons (Fsp3) is 0.455. The summed E-state index contributed by atoms with van der Waals surface area (Å²) >= 11 is 0. The summed E-state index contributed by atoms with van der Waals surface area (Å²) in [5, 5.41) is 0. The molecule has 1 aromatic heterocycles. The minimum atomic E-state index is -0.337. The van der Waals surface area contributed by atoms with Gasteiger partial charge in [-0.2, -0.15) is 0 Å². The summed E-state index contributed by atoms with van der Waals surface area (Å²) in [5.74, 6) is 0.478. The van der Waals surface area contributed by atoms with Crippen molar-refractivity contribution in [3.05, 3.63) is 59.7 Å². The normalized spacial score (nSPS) is 22.8. The summed E-state index contributed by atoms with van der Waals surface area (Å²) in [5.41, 5.74) is 1.34. The SMILES string of the molecule is COc1ccc(F)c(CN2CCC[C@]3(CCN(Cc4cccnc4)C3)C2=O)c1. The molecule has 2 saturated heterocycles. The van der Waals surface area contributed by atoms with Crippen LogP contribution in [0.25, 0.3) is 0 Å². The van der Waals surface area contributed by atoms with Gasteiger partial charge in [0.15, 0.2) is 0 Å². The largest absolute Gasteiger partial charge is 0.497 e. The number of carbonyl (C=O) groups is 1. The minimum Gasteiger partial charge on any atom is -0.497 e. The number of ether oxygens (including phenoxy) is 1. The van der Waals surface area contributed by atoms with E-state index in [2.05, 4.69) is 16.0 Å². The highest BCUT2D eigenvalue weighted by atomic mass is 19.1. The van der Waals surface area contributed by atoms with Gasteiger partial charge in [-0.05, 0) is 55.6 Å². The van der Waals surface area contributed by atoms with Gasteiger partial charge in [-0.3, -0.25) is 14.7 Å². The number of carbonyl (C=O) groups excluding carboxylic acids is 1. The second-order valence-corrected chi connectivity index (χ2v) is 7.89. The molecule has 0 unspecified atom stereocenters. The van der Waals surface area contributed by atoms with Crippen LogP contribution in [0.5, 0.6) is 5.75 Å². The van der Waals surface area contributed by atoms with Crippen molar-refractivity contribution in [2.24, 2.45) is 5.41 Å². The molecule has 6 heteroatoms. The van der Waals surface area contributed by atoms with Crippen molar-refractivity contribution >= 4 is 5.91 Å². The Morgan fingerprint density at radius 1 is 1.21 bits per heavy atom. The van der Waals surface area contributed by atoms with E-state index in [-0.39, 0.29) is 17.1 Å². The zero-order chi connectivity index (χ0) is 19.6. The Kier molecular flexibility index (Phi) is 5.31. The van der Waals surface area contributed by atoms with Crippen LogP contribution in [0.4, 0.5) is 4.39 Å². The number of hydrogen-bond acceptors (Lipinski definition) is 4. The maximum Gasteiger partial charge on any atom is 0.230 e. The molecule has 2 fully saturated rings. The summed E-state index contributed by atoms with van der Waals surface area (Å²) in [6.45, 7) is 3.46. The second-order valence-electron chi connectivity index (χ2n) is 7.89. The maximum absolute atomic E-state index is 14.3. The van der Waals surface area contributed by atoms with E-state index in [9.17, 15) is 9.18 Å². The lowest BCUT2D eigenvalue weighted by molar-refractivity contribution is -0.146. The molecule has 1 amide bonds. The number of hydrogen-bond donors (Lipinski definition) is 0. The highest BCUT2D eigenvalue weighted by molar-refractivity contribution is 5.84. The standard InChI is InChI=1S/C22H26FN3O2/c1-28-19-5-6-20(23)18(12-19)15-26-10-3-7-22(21(26)27)8-11-25(16-22)14-17-4-2-9-24-13-17/h2,4-6,9,12-13H,3,7-8,10-11,14-16H2,1H3/t22-/m1/s1. The number of likely N-dealkylation sites (tertiary alicyclic amines) is 2. The topological polar surface area (TPSA) is 45.7 Å². The zero-order valence-electron chi connectivity index (χ0n) is 16.2. The maximum atomic E-state index is 14.3. The highest BCUT2D eigenvalue weighted by Crippen LogP contribution is 2.41. The van der Waals surface area contributed by atoms with Gasteiger partial charge < -0.3 is 9.64 Å². The lowest BCUT2D eigenvalue weighted by Gasteiger charge is -2.39. The van der Waals surface area contributed by atoms with Gasteiger partial charge in [0.25, 0.3) is 0 Å². The molecule has 148 valence electrons. The number of methoxy groups -OCH3 is 1. The number of aromatic nitrogens is 1. The van der Waals surface area contributed by atoms with Crippen LogP contribution in [0.1, 0.15) is 30.4 Å². The summed E-state index contributed by atoms with van der Waals surface area (Å²) in [4.78, 5) is 21.7. The third-order valence-corrected chi connectivity index (χ3v) is 6.00. The Morgan fingerprint density at radius 2 is 2.11 bits per heavy atom. The molecule has 1 atom stereocenters. The summed E-state index contributed by atoms with van der Waals surface area (Å²) in [6, 6.07) is 8.71. The molecule has 0 N–H and O–H groups in total. The quantitative estimate of drug-likeness (QED) is 0.795. The van der Waals surface area contributed by atoms with Gasteiger partial charge >= 0.3 is 0 Å². The van der Waals surface area contributed by atoms with Crippen molar-refractivity contribution in [2.45, 2.75) is 32.4 Å². The van der Waals surface area contributed by atoms with Crippen LogP contribution >= 0.6 is 0 Å². The molecule has 0 saturated carbocycles. The first-order valence-electron chi connectivity index (χ1n) is 9.83. The molecule has 1 aromatic carbocycles. The molecule has 0 bridgehead atoms. The molecule has 2 aliphatic rings. The summed E-state index contributed by atoms with van der Waals surface area (Å²) in [6.07, 6.45) is 6.38. The molecule has 5 nitrogen and oxygen atoms in total. The van der Waals surface area contributed by atoms with Crippen molar-refractivity contribution < 1.29 is 13.9 Å². The van der Waals surface area contributed by atoms with E-state index < -0.39 is 0 Å². The number of rotatable bonds is 5. The van der Waals surface area contributed by atoms with E-state index in [0.717, 1.165) is 44.5 Å². The Labute approximate surface area is 165 Å². The highest BCUT2D eigenvalue weighted by Gasteiger charge is 2.48. The van der Waals surface area contributed by atoms with Crippen LogP contribution < -0.4 is 4.74 Å². The fourth-order valence-electron chi connectivity index (χ4n) is 4.53. The average molecular weight is 383 g/mol. The fourth-order valence-corrected chi connectivity index (χ4v) is 4.53. The van der Waals surface area contributed by atoms with Crippen LogP contribution in [0.15, 0.2) is 42.7 Å². The van der Waals surface area contributed by atoms with Crippen LogP contribution in [-0.4, -0.2) is 47.4 Å². The van der Waals surface area contributed by atoms with Crippen molar-refractivity contribution in [2.75, 3.05) is 26.7 Å². The number of nitrogens with zero attached hydrogens (tertiary/aromatic N) is 3. The molecular formula is C22H26FN3O2. The minimum absolute atomic E-state index is 0.162. The number of piperidine rings is 1. The average Bonchev–Trinajstić information content (AvgIpc) is 3.11. The Bertz CT molecular complexity index is 845. The molecule has 0 aliphatic carbocycles. The first-order chi connectivity index (χ1) is 13.6. The van der Waals surface area contributed by atoms with Gasteiger partial charge in [0, 0.05) is 44.1 Å². The Balaban J connectivity index is 1.46. The van der Waals surface area contributed by atoms with Crippen molar-refractivity contribution in [3.63, 3.8) is 0 Å². The van der Waals surface area contributed by atoms with E-state index >= 15 is 0 Å². The first kappa shape index (κ1) is 18.9. The van der Waals surface area contributed by atoms with E-state index in [4.69, 9.17) is 4.74 Å². The van der Waals surface area contributed by atoms with Gasteiger partial charge in [0.2, 0.25) is 5.91 Å². The van der Waals surface area contributed by atoms with Gasteiger partial charge in [0.1, 0.15) is 11.6 Å². The Morgan fingerprint density at radius 3 is 2.89 bits per heavy atom. The molecule has 2 aliphatic heterocycles. The van der Waals surface area contributed by atoms with Crippen LogP contribution in [0.2, 0.25) is 0 Å². The number of amides is 1. The second kappa shape index (κ2) is 7.87. The smallest absolute Gasteiger partial charge is 0.230 e. The molecule has 2 aromatic rings. The van der Waals surface area contributed by atoms with Crippen molar-refractivity contribution in [1.29, 1.82) is 0 Å². The third-order valence-electron chi connectivity index (χ3n) is 6.00. The third kappa shape index (κ3) is 3.74. The lowest BCUT2D eigenvalue weighted by Crippen LogP contribution is -2.49. The molecule has 4 rings (SSSR count). The van der Waals surface area contributed by atoms with E-state index in [1.165, 1.54) is 6.07 Å². The van der Waals surface area contributed by atoms with E-state index in [0.29, 0.717) is 24.4 Å². The summed E-state index contributed by atoms with van der Waals surface area (Å²) in [7, 11) is 1.56. The molecule has 28 heavy (non-hydrogen) atoms. The van der Waals surface area contributed by atoms with Crippen molar-refractivity contribution in [3.8, 4) is 5.75 Å². The van der Waals surface area contributed by atoms with E-state index in [1.807, 2.05) is 17.2 Å². The van der Waals surface area contributed by atoms with Gasteiger partial charge in [-0.1, -0.05) is 6.07 Å². The monoisotopic (exact) mass is 383 g/mol. The van der Waals surface area contributed by atoms with E-state index in [1.54, 1.807) is 25.4 Å². The van der Waals surface area contributed by atoms with Crippen LogP contribution in [0.3, 0.4) is 0 Å². The van der Waals surface area contributed by atoms with Crippen LogP contribution in [-0.2, 0) is 17.9 Å². The molecule has 3 heterocycles. The number of pyridine rings is 1. The van der Waals surface area contributed by atoms with Gasteiger partial charge in [0.05, 0.1) is 12.5 Å². The molecular weight excluding hydrogens is 357 g/mol. The number of benzene rings is 1. The number of halogens is 1. The van der Waals surface area contributed by atoms with Gasteiger partial charge in [-0.15, -0.1) is 0 Å². The predicted octanol–water partition coefficient (Wildman–Crippen LogP) is 3.24. The van der Waals surface area contributed by atoms with Gasteiger partial charge in [-0.25, -0.2) is 4.39 Å². The molecule has 1 spiro atoms. The predicted molar refractivity (Wildman–Crippen MR) is 104 cm³/mol. The zero-order valence-corrected chi connectivity index (χ0v) is 16.2. The summed E-state index contributed by atoms with van der Waals surface area (Å²) < 4.78 is 19.5. The Hall–Kier alpha value is -2.47. The van der Waals surface area contributed by atoms with Crippen LogP contribution in [0, 0.1) is 11.2 Å². The first-order valence-corrected chi connectivity index (χ1v) is 9.83.